The lowest BCUT2D eigenvalue weighted by molar-refractivity contribution is 0.475. The molecule has 0 saturated carbocycles. The van der Waals surface area contributed by atoms with Gasteiger partial charge in [-0.05, 0) is 42.3 Å². The molecule has 0 radical (unpaired) electrons. The van der Waals surface area contributed by atoms with Gasteiger partial charge >= 0.3 is 0 Å². The molecular weight excluding hydrogens is 293 g/mol. The van der Waals surface area contributed by atoms with Gasteiger partial charge in [-0.25, -0.2) is 12.8 Å². The van der Waals surface area contributed by atoms with Crippen LogP contribution in [-0.4, -0.2) is 19.3 Å². The monoisotopic (exact) mass is 307 g/mol. The Labute approximate surface area is 122 Å². The van der Waals surface area contributed by atoms with E-state index in [0.717, 1.165) is 6.07 Å². The topological polar surface area (TPSA) is 66.4 Å². The van der Waals surface area contributed by atoms with Crippen LogP contribution in [-0.2, 0) is 9.84 Å². The molecule has 1 heterocycles. The summed E-state index contributed by atoms with van der Waals surface area (Å²) >= 11 is 0. The maximum absolute atomic E-state index is 13.5. The molecule has 21 heavy (non-hydrogen) atoms. The van der Waals surface area contributed by atoms with Gasteiger partial charge < -0.3 is 10.4 Å². The quantitative estimate of drug-likeness (QED) is 0.837. The molecule has 3 rings (SSSR count). The Morgan fingerprint density at radius 3 is 2.76 bits per heavy atom. The number of nitrogens with one attached hydrogen (secondary N) is 1. The van der Waals surface area contributed by atoms with Gasteiger partial charge in [-0.3, -0.25) is 0 Å². The van der Waals surface area contributed by atoms with Gasteiger partial charge in [0.25, 0.3) is 0 Å². The predicted molar refractivity (Wildman–Crippen MR) is 77.5 cm³/mol. The van der Waals surface area contributed by atoms with E-state index in [4.69, 9.17) is 0 Å². The summed E-state index contributed by atoms with van der Waals surface area (Å²) in [7, 11) is -3.35. The van der Waals surface area contributed by atoms with Gasteiger partial charge in [-0.2, -0.15) is 0 Å². The summed E-state index contributed by atoms with van der Waals surface area (Å²) in [5.41, 5.74) is 1.10. The van der Waals surface area contributed by atoms with Gasteiger partial charge in [0, 0.05) is 11.8 Å². The second kappa shape index (κ2) is 5.04. The molecule has 2 aromatic carbocycles. The maximum Gasteiger partial charge on any atom is 0.178 e. The molecule has 1 atom stereocenters. The van der Waals surface area contributed by atoms with Crippen LogP contribution in [0.1, 0.15) is 18.0 Å². The second-order valence-electron chi connectivity index (χ2n) is 5.04. The minimum Gasteiger partial charge on any atom is -0.508 e. The number of aromatic hydroxyl groups is 1. The second-order valence-corrected chi connectivity index (χ2v) is 7.11. The Kier molecular flexibility index (Phi) is 3.33. The lowest BCUT2D eigenvalue weighted by Gasteiger charge is -2.27. The van der Waals surface area contributed by atoms with Crippen molar-refractivity contribution >= 4 is 15.5 Å². The van der Waals surface area contributed by atoms with Crippen LogP contribution in [0, 0.1) is 5.82 Å². The fourth-order valence-corrected chi connectivity index (χ4v) is 4.16. The van der Waals surface area contributed by atoms with Gasteiger partial charge in [0.05, 0.1) is 16.7 Å². The number of fused-ring (bicyclic) bond motifs is 1. The van der Waals surface area contributed by atoms with Gasteiger partial charge in [0.1, 0.15) is 11.6 Å². The third-order valence-electron chi connectivity index (χ3n) is 3.54. The summed E-state index contributed by atoms with van der Waals surface area (Å²) in [5, 5.41) is 12.6. The normalized spacial score (nSPS) is 19.8. The fraction of sp³-hybridized carbons (Fsp3) is 0.200. The van der Waals surface area contributed by atoms with E-state index in [1.54, 1.807) is 24.3 Å². The molecule has 0 fully saturated rings. The molecule has 6 heteroatoms. The van der Waals surface area contributed by atoms with Crippen molar-refractivity contribution in [1.29, 1.82) is 0 Å². The third-order valence-corrected chi connectivity index (χ3v) is 5.36. The average Bonchev–Trinajstić information content (AvgIpc) is 2.42. The van der Waals surface area contributed by atoms with Crippen molar-refractivity contribution < 1.29 is 17.9 Å². The first-order valence-corrected chi connectivity index (χ1v) is 8.19. The molecule has 110 valence electrons. The van der Waals surface area contributed by atoms with Gasteiger partial charge in [-0.1, -0.05) is 6.07 Å². The van der Waals surface area contributed by atoms with E-state index in [0.29, 0.717) is 17.7 Å². The Hall–Kier alpha value is -2.08. The minimum absolute atomic E-state index is 0.0160. The number of hydrogen-bond acceptors (Lipinski definition) is 4. The van der Waals surface area contributed by atoms with Gasteiger partial charge in [-0.15, -0.1) is 0 Å². The van der Waals surface area contributed by atoms with Crippen molar-refractivity contribution in [2.75, 3.05) is 11.1 Å². The SMILES string of the molecule is O=S1(=O)CCC(Nc2cccc(O)c2)c2cc(F)ccc21. The van der Waals surface area contributed by atoms with Crippen LogP contribution in [0.3, 0.4) is 0 Å². The number of phenolic OH excluding ortho intramolecular Hbond substituents is 1. The van der Waals surface area contributed by atoms with Gasteiger partial charge in [0.2, 0.25) is 0 Å². The van der Waals surface area contributed by atoms with Crippen molar-refractivity contribution in [1.82, 2.24) is 0 Å². The Morgan fingerprint density at radius 2 is 2.00 bits per heavy atom. The molecule has 0 amide bonds. The summed E-state index contributed by atoms with van der Waals surface area (Å²) in [6.07, 6.45) is 0.356. The number of rotatable bonds is 2. The lowest BCUT2D eigenvalue weighted by atomic mass is 10.0. The molecule has 1 aliphatic rings. The van der Waals surface area contributed by atoms with Crippen LogP contribution in [0.2, 0.25) is 0 Å². The standard InChI is InChI=1S/C15H14FNO3S/c16-10-4-5-15-13(8-10)14(6-7-21(15,19)20)17-11-2-1-3-12(18)9-11/h1-5,8-9,14,17-18H,6-7H2. The van der Waals surface area contributed by atoms with Crippen LogP contribution in [0.5, 0.6) is 5.75 Å². The summed E-state index contributed by atoms with van der Waals surface area (Å²) in [6, 6.07) is 9.97. The summed E-state index contributed by atoms with van der Waals surface area (Å²) < 4.78 is 37.6. The van der Waals surface area contributed by atoms with Crippen molar-refractivity contribution in [2.24, 2.45) is 0 Å². The molecule has 1 unspecified atom stereocenters. The fourth-order valence-electron chi connectivity index (χ4n) is 2.56. The van der Waals surface area contributed by atoms with Crippen molar-refractivity contribution in [3.8, 4) is 5.75 Å². The van der Waals surface area contributed by atoms with Crippen LogP contribution in [0.25, 0.3) is 0 Å². The van der Waals surface area contributed by atoms with Crippen LogP contribution in [0.4, 0.5) is 10.1 Å². The van der Waals surface area contributed by atoms with Gasteiger partial charge in [0.15, 0.2) is 9.84 Å². The third kappa shape index (κ3) is 2.71. The zero-order valence-corrected chi connectivity index (χ0v) is 11.9. The highest BCUT2D eigenvalue weighted by atomic mass is 32.2. The number of benzene rings is 2. The average molecular weight is 307 g/mol. The van der Waals surface area contributed by atoms with E-state index in [1.807, 2.05) is 0 Å². The lowest BCUT2D eigenvalue weighted by Crippen LogP contribution is -2.24. The number of hydrogen-bond donors (Lipinski definition) is 2. The largest absolute Gasteiger partial charge is 0.508 e. The molecule has 0 spiro atoms. The highest BCUT2D eigenvalue weighted by molar-refractivity contribution is 7.91. The first-order valence-electron chi connectivity index (χ1n) is 6.53. The maximum atomic E-state index is 13.5. The Balaban J connectivity index is 2.00. The van der Waals surface area contributed by atoms with Crippen molar-refractivity contribution in [2.45, 2.75) is 17.4 Å². The molecule has 0 aromatic heterocycles. The van der Waals surface area contributed by atoms with E-state index < -0.39 is 15.7 Å². The molecule has 4 nitrogen and oxygen atoms in total. The van der Waals surface area contributed by atoms with Crippen LogP contribution in [0.15, 0.2) is 47.4 Å². The zero-order chi connectivity index (χ0) is 15.0. The Morgan fingerprint density at radius 1 is 1.19 bits per heavy atom. The molecule has 2 aromatic rings. The smallest absolute Gasteiger partial charge is 0.178 e. The van der Waals surface area contributed by atoms with E-state index in [-0.39, 0.29) is 22.4 Å². The molecule has 0 aliphatic carbocycles. The summed E-state index contributed by atoms with van der Waals surface area (Å²) in [4.78, 5) is 0.174. The predicted octanol–water partition coefficient (Wildman–Crippen LogP) is 2.86. The van der Waals surface area contributed by atoms with Crippen LogP contribution >= 0.6 is 0 Å². The highest BCUT2D eigenvalue weighted by Crippen LogP contribution is 2.35. The number of anilines is 1. The Bertz CT molecular complexity index is 789. The summed E-state index contributed by atoms with van der Waals surface area (Å²) in [6.45, 7) is 0. The van der Waals surface area contributed by atoms with Crippen molar-refractivity contribution in [3.63, 3.8) is 0 Å². The first-order chi connectivity index (χ1) is 9.95. The number of phenols is 1. The van der Waals surface area contributed by atoms with Crippen LogP contribution < -0.4 is 5.32 Å². The van der Waals surface area contributed by atoms with Crippen molar-refractivity contribution in [3.05, 3.63) is 53.8 Å². The molecule has 2 N–H and O–H groups in total. The number of sulfone groups is 1. The van der Waals surface area contributed by atoms with E-state index in [2.05, 4.69) is 5.32 Å². The molecule has 0 saturated heterocycles. The first kappa shape index (κ1) is 13.9. The highest BCUT2D eigenvalue weighted by Gasteiger charge is 2.30. The molecule has 1 aliphatic heterocycles. The van der Waals surface area contributed by atoms with E-state index >= 15 is 0 Å². The van der Waals surface area contributed by atoms with E-state index in [1.165, 1.54) is 12.1 Å². The minimum atomic E-state index is -3.35. The molecule has 0 bridgehead atoms. The number of halogens is 1. The van der Waals surface area contributed by atoms with E-state index in [9.17, 15) is 17.9 Å². The molecular formula is C15H14FNO3S. The zero-order valence-electron chi connectivity index (χ0n) is 11.1. The summed E-state index contributed by atoms with van der Waals surface area (Å²) in [5.74, 6) is -0.335.